The molecule has 1 aliphatic rings. The Morgan fingerprint density at radius 3 is 2.53 bits per heavy atom. The fraction of sp³-hybridized carbons (Fsp3) is 0.200. The van der Waals surface area contributed by atoms with Crippen LogP contribution in [-0.4, -0.2) is 28.8 Å². The van der Waals surface area contributed by atoms with Crippen molar-refractivity contribution < 1.29 is 32.6 Å². The summed E-state index contributed by atoms with van der Waals surface area (Å²) >= 11 is 1.27. The van der Waals surface area contributed by atoms with Crippen molar-refractivity contribution in [3.63, 3.8) is 0 Å². The van der Waals surface area contributed by atoms with Crippen molar-refractivity contribution in [3.05, 3.63) is 92.7 Å². The number of alkyl halides is 3. The molecule has 5 nitrogen and oxygen atoms in total. The topological polar surface area (TPSA) is 66.8 Å². The minimum Gasteiger partial charge on any atom is -0.507 e. The number of aliphatic hydroxyl groups is 1. The molecule has 1 N–H and O–H groups in total. The summed E-state index contributed by atoms with van der Waals surface area (Å²) in [7, 11) is 1.42. The Labute approximate surface area is 197 Å². The molecule has 1 unspecified atom stereocenters. The first kappa shape index (κ1) is 23.6. The van der Waals surface area contributed by atoms with E-state index in [0.717, 1.165) is 17.7 Å². The SMILES string of the molecule is COc1ccc(C)cc1/C(O)=C1/C(=O)C(=O)N(Cc2cccc(C(F)(F)F)c2)C1c1cccs1. The van der Waals surface area contributed by atoms with Gasteiger partial charge in [-0.2, -0.15) is 13.2 Å². The molecule has 1 atom stereocenters. The molecule has 176 valence electrons. The van der Waals surface area contributed by atoms with E-state index in [1.807, 2.05) is 0 Å². The number of carbonyl (C=O) groups is 2. The van der Waals surface area contributed by atoms with Crippen LogP contribution in [0.4, 0.5) is 13.2 Å². The maximum atomic E-state index is 13.2. The summed E-state index contributed by atoms with van der Waals surface area (Å²) in [6.07, 6.45) is -4.54. The zero-order valence-electron chi connectivity index (χ0n) is 18.2. The van der Waals surface area contributed by atoms with Gasteiger partial charge in [-0.3, -0.25) is 9.59 Å². The van der Waals surface area contributed by atoms with E-state index in [2.05, 4.69) is 0 Å². The largest absolute Gasteiger partial charge is 0.507 e. The summed E-state index contributed by atoms with van der Waals surface area (Å²) in [5.74, 6) is -1.89. The molecule has 1 aromatic heterocycles. The monoisotopic (exact) mass is 487 g/mol. The van der Waals surface area contributed by atoms with E-state index in [-0.39, 0.29) is 23.2 Å². The van der Waals surface area contributed by atoms with E-state index < -0.39 is 35.2 Å². The average Bonchev–Trinajstić information content (AvgIpc) is 3.41. The number of aryl methyl sites for hydroxylation is 1. The molecule has 2 heterocycles. The van der Waals surface area contributed by atoms with Crippen LogP contribution < -0.4 is 4.74 Å². The summed E-state index contributed by atoms with van der Waals surface area (Å²) < 4.78 is 44.9. The number of methoxy groups -OCH3 is 1. The lowest BCUT2D eigenvalue weighted by Crippen LogP contribution is -2.29. The molecule has 2 aromatic carbocycles. The molecular weight excluding hydrogens is 467 g/mol. The van der Waals surface area contributed by atoms with Crippen molar-refractivity contribution in [2.75, 3.05) is 7.11 Å². The summed E-state index contributed by atoms with van der Waals surface area (Å²) in [6.45, 7) is 1.57. The van der Waals surface area contributed by atoms with Gasteiger partial charge in [-0.1, -0.05) is 29.8 Å². The second kappa shape index (κ2) is 8.98. The number of ether oxygens (including phenoxy) is 1. The van der Waals surface area contributed by atoms with Gasteiger partial charge in [0, 0.05) is 11.4 Å². The van der Waals surface area contributed by atoms with Gasteiger partial charge in [-0.25, -0.2) is 0 Å². The van der Waals surface area contributed by atoms with Gasteiger partial charge in [-0.05, 0) is 48.2 Å². The van der Waals surface area contributed by atoms with Crippen LogP contribution >= 0.6 is 11.3 Å². The first-order chi connectivity index (χ1) is 16.1. The van der Waals surface area contributed by atoms with Crippen LogP contribution in [0.2, 0.25) is 0 Å². The normalized spacial score (nSPS) is 17.9. The molecule has 0 spiro atoms. The second-order valence-electron chi connectivity index (χ2n) is 7.84. The third-order valence-electron chi connectivity index (χ3n) is 5.57. The van der Waals surface area contributed by atoms with Gasteiger partial charge in [0.2, 0.25) is 0 Å². The average molecular weight is 487 g/mol. The van der Waals surface area contributed by atoms with Crippen LogP contribution in [-0.2, 0) is 22.3 Å². The van der Waals surface area contributed by atoms with E-state index in [1.54, 1.807) is 42.6 Å². The predicted octanol–water partition coefficient (Wildman–Crippen LogP) is 5.71. The van der Waals surface area contributed by atoms with Gasteiger partial charge in [0.05, 0.1) is 29.9 Å². The first-order valence-electron chi connectivity index (χ1n) is 10.2. The van der Waals surface area contributed by atoms with Crippen LogP contribution in [0.3, 0.4) is 0 Å². The van der Waals surface area contributed by atoms with Crippen LogP contribution in [0, 0.1) is 6.92 Å². The molecular formula is C25H20F3NO4S. The highest BCUT2D eigenvalue weighted by Crippen LogP contribution is 2.43. The van der Waals surface area contributed by atoms with Crippen LogP contribution in [0.15, 0.2) is 65.6 Å². The number of aliphatic hydroxyl groups excluding tert-OH is 1. The molecule has 1 fully saturated rings. The standard InChI is InChI=1S/C25H20F3NO4S/c1-14-8-9-18(33-2)17(11-14)22(30)20-21(19-7-4-10-34-19)29(24(32)23(20)31)13-15-5-3-6-16(12-15)25(26,27)28/h3-12,21,30H,13H2,1-2H3/b22-20-. The van der Waals surface area contributed by atoms with Crippen LogP contribution in [0.5, 0.6) is 5.75 Å². The molecule has 0 aliphatic carbocycles. The number of hydrogen-bond donors (Lipinski definition) is 1. The molecule has 34 heavy (non-hydrogen) atoms. The maximum absolute atomic E-state index is 13.2. The highest BCUT2D eigenvalue weighted by Gasteiger charge is 2.47. The smallest absolute Gasteiger partial charge is 0.416 e. The quantitative estimate of drug-likeness (QED) is 0.285. The van der Waals surface area contributed by atoms with E-state index >= 15 is 0 Å². The number of thiophene rings is 1. The molecule has 3 aromatic rings. The fourth-order valence-corrected chi connectivity index (χ4v) is 4.83. The number of ketones is 1. The third kappa shape index (κ3) is 4.31. The number of likely N-dealkylation sites (tertiary alicyclic amines) is 1. The molecule has 0 bridgehead atoms. The van der Waals surface area contributed by atoms with E-state index in [4.69, 9.17) is 4.74 Å². The number of amides is 1. The summed E-state index contributed by atoms with van der Waals surface area (Å²) in [5, 5.41) is 13.0. The Kier molecular flexibility index (Phi) is 6.22. The zero-order valence-corrected chi connectivity index (χ0v) is 19.0. The van der Waals surface area contributed by atoms with Crippen LogP contribution in [0.1, 0.15) is 33.2 Å². The molecule has 0 saturated carbocycles. The Bertz CT molecular complexity index is 1280. The molecule has 0 radical (unpaired) electrons. The Morgan fingerprint density at radius 2 is 1.88 bits per heavy atom. The van der Waals surface area contributed by atoms with Crippen molar-refractivity contribution in [2.45, 2.75) is 25.7 Å². The van der Waals surface area contributed by atoms with Crippen molar-refractivity contribution in [3.8, 4) is 5.75 Å². The van der Waals surface area contributed by atoms with E-state index in [9.17, 15) is 27.9 Å². The van der Waals surface area contributed by atoms with Gasteiger partial charge < -0.3 is 14.7 Å². The Hall–Kier alpha value is -3.59. The van der Waals surface area contributed by atoms with Crippen molar-refractivity contribution >= 4 is 28.8 Å². The third-order valence-corrected chi connectivity index (χ3v) is 6.49. The molecule has 9 heteroatoms. The van der Waals surface area contributed by atoms with E-state index in [0.29, 0.717) is 10.6 Å². The molecule has 1 saturated heterocycles. The van der Waals surface area contributed by atoms with Crippen LogP contribution in [0.25, 0.3) is 5.76 Å². The summed E-state index contributed by atoms with van der Waals surface area (Å²) in [6, 6.07) is 12.2. The molecule has 4 rings (SSSR count). The minimum absolute atomic E-state index is 0.136. The van der Waals surface area contributed by atoms with Gasteiger partial charge >= 0.3 is 6.18 Å². The molecule has 1 amide bonds. The second-order valence-corrected chi connectivity index (χ2v) is 8.82. The number of nitrogens with zero attached hydrogens (tertiary/aromatic N) is 1. The predicted molar refractivity (Wildman–Crippen MR) is 121 cm³/mol. The number of rotatable bonds is 5. The van der Waals surface area contributed by atoms with Gasteiger partial charge in [0.25, 0.3) is 11.7 Å². The number of halogens is 3. The Morgan fingerprint density at radius 1 is 1.12 bits per heavy atom. The lowest BCUT2D eigenvalue weighted by Gasteiger charge is -2.24. The summed E-state index contributed by atoms with van der Waals surface area (Å²) in [5.41, 5.74) is 0.280. The lowest BCUT2D eigenvalue weighted by atomic mass is 9.98. The van der Waals surface area contributed by atoms with Crippen molar-refractivity contribution in [1.82, 2.24) is 4.90 Å². The number of hydrogen-bond acceptors (Lipinski definition) is 5. The highest BCUT2D eigenvalue weighted by molar-refractivity contribution is 7.10. The lowest BCUT2D eigenvalue weighted by molar-refractivity contribution is -0.140. The van der Waals surface area contributed by atoms with Gasteiger partial charge in [0.15, 0.2) is 0 Å². The van der Waals surface area contributed by atoms with Crippen molar-refractivity contribution in [2.24, 2.45) is 0 Å². The van der Waals surface area contributed by atoms with Gasteiger partial charge in [0.1, 0.15) is 11.5 Å². The Balaban J connectivity index is 1.84. The number of carbonyl (C=O) groups excluding carboxylic acids is 2. The van der Waals surface area contributed by atoms with Gasteiger partial charge in [-0.15, -0.1) is 11.3 Å². The number of benzene rings is 2. The van der Waals surface area contributed by atoms with E-state index in [1.165, 1.54) is 35.5 Å². The zero-order chi connectivity index (χ0) is 24.6. The minimum atomic E-state index is -4.54. The molecule has 1 aliphatic heterocycles. The summed E-state index contributed by atoms with van der Waals surface area (Å²) in [4.78, 5) is 27.9. The first-order valence-corrected chi connectivity index (χ1v) is 11.1. The maximum Gasteiger partial charge on any atom is 0.416 e. The number of Topliss-reactive ketones (excluding diaryl/α,β-unsaturated/α-hetero) is 1. The fourth-order valence-electron chi connectivity index (χ4n) is 3.98. The van der Waals surface area contributed by atoms with Crippen molar-refractivity contribution in [1.29, 1.82) is 0 Å². The highest BCUT2D eigenvalue weighted by atomic mass is 32.1.